The van der Waals surface area contributed by atoms with Gasteiger partial charge in [0.25, 0.3) is 0 Å². The van der Waals surface area contributed by atoms with Crippen molar-refractivity contribution in [2.45, 2.75) is 37.6 Å². The molecule has 2 heteroatoms. The lowest BCUT2D eigenvalue weighted by Crippen LogP contribution is -2.46. The molecule has 0 amide bonds. The van der Waals surface area contributed by atoms with Crippen molar-refractivity contribution in [3.05, 3.63) is 29.8 Å². The molecule has 19 heavy (non-hydrogen) atoms. The normalized spacial score (nSPS) is 43.5. The highest BCUT2D eigenvalue weighted by atomic mass is 16.5. The lowest BCUT2D eigenvalue weighted by molar-refractivity contribution is 0.156. The van der Waals surface area contributed by atoms with Gasteiger partial charge in [0.2, 0.25) is 0 Å². The highest BCUT2D eigenvalue weighted by molar-refractivity contribution is 5.34. The molecule has 3 fully saturated rings. The van der Waals surface area contributed by atoms with Crippen LogP contribution in [0.5, 0.6) is 5.75 Å². The quantitative estimate of drug-likeness (QED) is 0.882. The largest absolute Gasteiger partial charge is 0.497 e. The molecular weight excluding hydrogens is 234 g/mol. The zero-order chi connectivity index (χ0) is 13.0. The van der Waals surface area contributed by atoms with Crippen molar-refractivity contribution in [2.24, 2.45) is 29.4 Å². The maximum absolute atomic E-state index is 6.87. The zero-order valence-electron chi connectivity index (χ0n) is 11.6. The van der Waals surface area contributed by atoms with Gasteiger partial charge in [-0.3, -0.25) is 0 Å². The highest BCUT2D eigenvalue weighted by Crippen LogP contribution is 2.64. The summed E-state index contributed by atoms with van der Waals surface area (Å²) in [5.74, 6) is 4.45. The van der Waals surface area contributed by atoms with Gasteiger partial charge in [-0.25, -0.2) is 0 Å². The van der Waals surface area contributed by atoms with Crippen LogP contribution in [0.2, 0.25) is 0 Å². The molecule has 2 bridgehead atoms. The number of hydrogen-bond donors (Lipinski definition) is 1. The molecule has 3 saturated carbocycles. The van der Waals surface area contributed by atoms with Crippen LogP contribution in [-0.4, -0.2) is 7.11 Å². The van der Waals surface area contributed by atoms with E-state index in [0.717, 1.165) is 29.4 Å². The summed E-state index contributed by atoms with van der Waals surface area (Å²) in [5.41, 5.74) is 8.13. The van der Waals surface area contributed by atoms with E-state index in [1.165, 1.54) is 37.7 Å². The summed E-state index contributed by atoms with van der Waals surface area (Å²) in [5, 5.41) is 0. The summed E-state index contributed by atoms with van der Waals surface area (Å²) in [6.07, 6.45) is 6.88. The maximum atomic E-state index is 6.87. The van der Waals surface area contributed by atoms with E-state index in [1.54, 1.807) is 7.11 Å². The molecule has 0 radical (unpaired) electrons. The van der Waals surface area contributed by atoms with Crippen LogP contribution in [0.3, 0.4) is 0 Å². The predicted octanol–water partition coefficient (Wildman–Crippen LogP) is 3.31. The Hall–Kier alpha value is -1.02. The Morgan fingerprint density at radius 1 is 1.16 bits per heavy atom. The number of ether oxygens (including phenoxy) is 1. The molecule has 2 N–H and O–H groups in total. The third kappa shape index (κ3) is 1.53. The summed E-state index contributed by atoms with van der Waals surface area (Å²) in [6, 6.07) is 8.48. The van der Waals surface area contributed by atoms with Crippen molar-refractivity contribution in [1.29, 1.82) is 0 Å². The summed E-state index contributed by atoms with van der Waals surface area (Å²) in [4.78, 5) is 0. The van der Waals surface area contributed by atoms with Crippen molar-refractivity contribution in [3.8, 4) is 5.75 Å². The van der Waals surface area contributed by atoms with E-state index in [-0.39, 0.29) is 5.54 Å². The molecule has 3 aliphatic carbocycles. The average Bonchev–Trinajstić information content (AvgIpc) is 3.10. The van der Waals surface area contributed by atoms with Crippen LogP contribution in [0.1, 0.15) is 37.7 Å². The third-order valence-corrected chi connectivity index (χ3v) is 6.19. The van der Waals surface area contributed by atoms with Gasteiger partial charge in [0.1, 0.15) is 5.75 Å². The number of hydrogen-bond acceptors (Lipinski definition) is 2. The fourth-order valence-corrected chi connectivity index (χ4v) is 5.42. The van der Waals surface area contributed by atoms with Crippen LogP contribution >= 0.6 is 0 Å². The van der Waals surface area contributed by atoms with Crippen LogP contribution < -0.4 is 10.5 Å². The zero-order valence-corrected chi connectivity index (χ0v) is 11.6. The summed E-state index contributed by atoms with van der Waals surface area (Å²) < 4.78 is 5.26. The van der Waals surface area contributed by atoms with E-state index >= 15 is 0 Å². The van der Waals surface area contributed by atoms with Crippen molar-refractivity contribution in [3.63, 3.8) is 0 Å². The molecule has 4 rings (SSSR count). The second-order valence-corrected chi connectivity index (χ2v) is 6.83. The maximum Gasteiger partial charge on any atom is 0.118 e. The fourth-order valence-electron chi connectivity index (χ4n) is 5.42. The first-order valence-corrected chi connectivity index (χ1v) is 7.66. The molecule has 0 spiro atoms. The van der Waals surface area contributed by atoms with Crippen LogP contribution in [-0.2, 0) is 5.54 Å². The lowest BCUT2D eigenvalue weighted by Gasteiger charge is -2.40. The Balaban J connectivity index is 1.67. The number of methoxy groups -OCH3 is 1. The molecule has 1 aromatic carbocycles. The van der Waals surface area contributed by atoms with Crippen LogP contribution in [0.4, 0.5) is 0 Å². The van der Waals surface area contributed by atoms with Crippen molar-refractivity contribution < 1.29 is 4.74 Å². The smallest absolute Gasteiger partial charge is 0.118 e. The van der Waals surface area contributed by atoms with Crippen LogP contribution in [0.15, 0.2) is 24.3 Å². The number of nitrogens with two attached hydrogens (primary N) is 1. The predicted molar refractivity (Wildman–Crippen MR) is 75.9 cm³/mol. The highest BCUT2D eigenvalue weighted by Gasteiger charge is 2.59. The summed E-state index contributed by atoms with van der Waals surface area (Å²) >= 11 is 0. The first-order valence-electron chi connectivity index (χ1n) is 7.66. The first-order chi connectivity index (χ1) is 9.22. The van der Waals surface area contributed by atoms with Gasteiger partial charge in [-0.15, -0.1) is 0 Å². The third-order valence-electron chi connectivity index (χ3n) is 6.19. The van der Waals surface area contributed by atoms with E-state index in [2.05, 4.69) is 24.3 Å². The Bertz CT molecular complexity index is 483. The van der Waals surface area contributed by atoms with Gasteiger partial charge >= 0.3 is 0 Å². The number of benzene rings is 1. The summed E-state index contributed by atoms with van der Waals surface area (Å²) in [6.45, 7) is 0. The van der Waals surface area contributed by atoms with E-state index < -0.39 is 0 Å². The molecule has 5 unspecified atom stereocenters. The topological polar surface area (TPSA) is 35.2 Å². The average molecular weight is 257 g/mol. The number of fused-ring (bicyclic) bond motifs is 5. The van der Waals surface area contributed by atoms with Gasteiger partial charge in [0.15, 0.2) is 0 Å². The molecule has 0 aromatic heterocycles. The second kappa shape index (κ2) is 3.99. The van der Waals surface area contributed by atoms with E-state index in [9.17, 15) is 0 Å². The summed E-state index contributed by atoms with van der Waals surface area (Å²) in [7, 11) is 1.72. The van der Waals surface area contributed by atoms with Crippen LogP contribution in [0.25, 0.3) is 0 Å². The molecule has 2 nitrogen and oxygen atoms in total. The molecule has 3 aliphatic rings. The Labute approximate surface area is 115 Å². The second-order valence-electron chi connectivity index (χ2n) is 6.83. The molecular formula is C17H23NO. The van der Waals surface area contributed by atoms with Crippen LogP contribution in [0, 0.1) is 23.7 Å². The molecule has 102 valence electrons. The molecule has 0 heterocycles. The minimum Gasteiger partial charge on any atom is -0.497 e. The van der Waals surface area contributed by atoms with Crippen molar-refractivity contribution >= 4 is 0 Å². The van der Waals surface area contributed by atoms with Gasteiger partial charge in [-0.1, -0.05) is 18.6 Å². The molecule has 1 aromatic rings. The Morgan fingerprint density at radius 2 is 1.89 bits per heavy atom. The fraction of sp³-hybridized carbons (Fsp3) is 0.647. The molecule has 5 atom stereocenters. The van der Waals surface area contributed by atoms with Gasteiger partial charge in [-0.2, -0.15) is 0 Å². The first kappa shape index (κ1) is 11.8. The standard InChI is InChI=1S/C17H23NO/c1-19-13-7-5-12(6-8-13)17(18)10-11-9-16(17)15-4-2-3-14(11)15/h5-8,11,14-16H,2-4,9-10,18H2,1H3. The minimum atomic E-state index is -0.0670. The Kier molecular flexibility index (Phi) is 2.47. The van der Waals surface area contributed by atoms with E-state index in [4.69, 9.17) is 10.5 Å². The SMILES string of the molecule is COc1ccc(C2(N)CC3CC2C2CCCC32)cc1. The molecule has 0 saturated heterocycles. The minimum absolute atomic E-state index is 0.0670. The van der Waals surface area contributed by atoms with Gasteiger partial charge in [0.05, 0.1) is 7.11 Å². The van der Waals surface area contributed by atoms with E-state index in [1.807, 2.05) is 0 Å². The van der Waals surface area contributed by atoms with Crippen molar-refractivity contribution in [2.75, 3.05) is 7.11 Å². The van der Waals surface area contributed by atoms with Gasteiger partial charge < -0.3 is 10.5 Å². The Morgan fingerprint density at radius 3 is 2.63 bits per heavy atom. The number of rotatable bonds is 2. The monoisotopic (exact) mass is 257 g/mol. The van der Waals surface area contributed by atoms with E-state index in [0.29, 0.717) is 0 Å². The lowest BCUT2D eigenvalue weighted by atomic mass is 9.68. The van der Waals surface area contributed by atoms with Crippen molar-refractivity contribution in [1.82, 2.24) is 0 Å². The van der Waals surface area contributed by atoms with Gasteiger partial charge in [0, 0.05) is 5.54 Å². The van der Waals surface area contributed by atoms with Gasteiger partial charge in [-0.05, 0) is 67.1 Å². The molecule has 0 aliphatic heterocycles.